The number of aromatic nitrogens is 3. The zero-order chi connectivity index (χ0) is 19.8. The van der Waals surface area contributed by atoms with Crippen molar-refractivity contribution in [2.45, 2.75) is 19.5 Å². The molecule has 0 bridgehead atoms. The molecular formula is C22H22ClN5O. The molecule has 1 amide bonds. The van der Waals surface area contributed by atoms with E-state index in [1.54, 1.807) is 0 Å². The van der Waals surface area contributed by atoms with Crippen molar-refractivity contribution in [2.24, 2.45) is 11.8 Å². The van der Waals surface area contributed by atoms with Crippen molar-refractivity contribution in [2.75, 3.05) is 18.4 Å². The van der Waals surface area contributed by atoms with E-state index in [0.717, 1.165) is 49.1 Å². The monoisotopic (exact) mass is 407 g/mol. The van der Waals surface area contributed by atoms with Crippen LogP contribution in [-0.4, -0.2) is 38.7 Å². The van der Waals surface area contributed by atoms with Gasteiger partial charge in [0.1, 0.15) is 5.82 Å². The minimum absolute atomic E-state index is 0.206. The molecule has 2 atom stereocenters. The fraction of sp³-hybridized carbons (Fsp3) is 0.318. The van der Waals surface area contributed by atoms with Crippen molar-refractivity contribution < 1.29 is 4.79 Å². The first kappa shape index (κ1) is 18.3. The Morgan fingerprint density at radius 2 is 1.86 bits per heavy atom. The van der Waals surface area contributed by atoms with Gasteiger partial charge in [-0.15, -0.1) is 10.2 Å². The van der Waals surface area contributed by atoms with Gasteiger partial charge in [-0.3, -0.25) is 9.69 Å². The van der Waals surface area contributed by atoms with Crippen LogP contribution in [0.3, 0.4) is 0 Å². The Morgan fingerprint density at radius 3 is 2.69 bits per heavy atom. The second kappa shape index (κ2) is 7.61. The van der Waals surface area contributed by atoms with E-state index in [9.17, 15) is 4.79 Å². The molecule has 5 rings (SSSR count). The number of likely N-dealkylation sites (tertiary alicyclic amines) is 1. The van der Waals surface area contributed by atoms with Crippen LogP contribution < -0.4 is 5.32 Å². The Labute approximate surface area is 174 Å². The Kier molecular flexibility index (Phi) is 4.81. The van der Waals surface area contributed by atoms with E-state index in [2.05, 4.69) is 26.5 Å². The first-order valence-corrected chi connectivity index (χ1v) is 10.3. The molecule has 0 radical (unpaired) electrons. The summed E-state index contributed by atoms with van der Waals surface area (Å²) in [6, 6.07) is 17.5. The predicted molar refractivity (Wildman–Crippen MR) is 112 cm³/mol. The Hall–Kier alpha value is -2.70. The van der Waals surface area contributed by atoms with Gasteiger partial charge in [-0.1, -0.05) is 41.9 Å². The SMILES string of the molecule is O=C(Nc1ccccc1)c1nnc2n1C[C@@H]1CN(Cc3cccc(Cl)c3)C[C@@H]1C2. The molecule has 0 unspecified atom stereocenters. The Balaban J connectivity index is 1.28. The minimum atomic E-state index is -0.206. The number of hydrogen-bond acceptors (Lipinski definition) is 4. The quantitative estimate of drug-likeness (QED) is 0.719. The Bertz CT molecular complexity index is 1030. The van der Waals surface area contributed by atoms with Gasteiger partial charge in [0.2, 0.25) is 5.82 Å². The largest absolute Gasteiger partial charge is 0.319 e. The van der Waals surface area contributed by atoms with E-state index < -0.39 is 0 Å². The molecule has 7 heteroatoms. The third-order valence-electron chi connectivity index (χ3n) is 5.87. The van der Waals surface area contributed by atoms with E-state index in [1.165, 1.54) is 5.56 Å². The smallest absolute Gasteiger partial charge is 0.293 e. The second-order valence-corrected chi connectivity index (χ2v) is 8.36. The highest BCUT2D eigenvalue weighted by Gasteiger charge is 2.39. The van der Waals surface area contributed by atoms with Crippen molar-refractivity contribution in [1.29, 1.82) is 0 Å². The lowest BCUT2D eigenvalue weighted by Gasteiger charge is -2.25. The number of hydrogen-bond donors (Lipinski definition) is 1. The van der Waals surface area contributed by atoms with Crippen LogP contribution in [0.25, 0.3) is 0 Å². The standard InChI is InChI=1S/C22H22ClN5O/c23-18-6-4-5-15(9-18)11-27-12-16-10-20-25-26-21(28(20)14-17(16)13-27)22(29)24-19-7-2-1-3-8-19/h1-9,16-17H,10-14H2,(H,24,29)/t16-,17-/m0/s1. The molecule has 3 heterocycles. The fourth-order valence-electron chi connectivity index (χ4n) is 4.52. The van der Waals surface area contributed by atoms with Gasteiger partial charge in [0.05, 0.1) is 0 Å². The van der Waals surface area contributed by atoms with Crippen LogP contribution in [0.1, 0.15) is 22.0 Å². The molecule has 1 fully saturated rings. The van der Waals surface area contributed by atoms with Crippen LogP contribution in [0.5, 0.6) is 0 Å². The van der Waals surface area contributed by atoms with Crippen LogP contribution >= 0.6 is 11.6 Å². The first-order chi connectivity index (χ1) is 14.2. The summed E-state index contributed by atoms with van der Waals surface area (Å²) in [6.07, 6.45) is 0.863. The lowest BCUT2D eigenvalue weighted by molar-refractivity contribution is 0.100. The van der Waals surface area contributed by atoms with Gasteiger partial charge in [0.25, 0.3) is 5.91 Å². The van der Waals surface area contributed by atoms with E-state index in [1.807, 2.05) is 53.1 Å². The van der Waals surface area contributed by atoms with Crippen LogP contribution in [0.4, 0.5) is 5.69 Å². The molecule has 0 saturated carbocycles. The molecule has 1 saturated heterocycles. The second-order valence-electron chi connectivity index (χ2n) is 7.92. The molecule has 1 N–H and O–H groups in total. The normalized spacial score (nSPS) is 20.9. The average Bonchev–Trinajstić information content (AvgIpc) is 3.29. The summed E-state index contributed by atoms with van der Waals surface area (Å²) < 4.78 is 2.00. The maximum Gasteiger partial charge on any atom is 0.293 e. The number of carbonyl (C=O) groups excluding carboxylic acids is 1. The fourth-order valence-corrected chi connectivity index (χ4v) is 4.73. The molecule has 2 aliphatic heterocycles. The van der Waals surface area contributed by atoms with Crippen molar-refractivity contribution >= 4 is 23.2 Å². The van der Waals surface area contributed by atoms with Crippen molar-refractivity contribution in [3.63, 3.8) is 0 Å². The number of fused-ring (bicyclic) bond motifs is 2. The van der Waals surface area contributed by atoms with Gasteiger partial charge >= 0.3 is 0 Å². The number of halogens is 1. The predicted octanol–water partition coefficient (Wildman–Crippen LogP) is 3.49. The lowest BCUT2D eigenvalue weighted by Crippen LogP contribution is -2.31. The Morgan fingerprint density at radius 1 is 1.03 bits per heavy atom. The molecule has 6 nitrogen and oxygen atoms in total. The molecule has 29 heavy (non-hydrogen) atoms. The zero-order valence-electron chi connectivity index (χ0n) is 16.0. The van der Waals surface area contributed by atoms with Gasteiger partial charge in [-0.2, -0.15) is 0 Å². The third-order valence-corrected chi connectivity index (χ3v) is 6.11. The minimum Gasteiger partial charge on any atom is -0.319 e. The van der Waals surface area contributed by atoms with E-state index >= 15 is 0 Å². The van der Waals surface area contributed by atoms with Crippen molar-refractivity contribution in [3.05, 3.63) is 76.8 Å². The number of nitrogens with zero attached hydrogens (tertiary/aromatic N) is 4. The topological polar surface area (TPSA) is 63.1 Å². The summed E-state index contributed by atoms with van der Waals surface area (Å²) >= 11 is 6.13. The van der Waals surface area contributed by atoms with Crippen molar-refractivity contribution in [3.8, 4) is 0 Å². The maximum absolute atomic E-state index is 12.7. The van der Waals surface area contributed by atoms with Gasteiger partial charge in [0.15, 0.2) is 0 Å². The molecule has 0 aliphatic carbocycles. The highest BCUT2D eigenvalue weighted by molar-refractivity contribution is 6.30. The molecule has 1 aromatic heterocycles. The number of nitrogens with one attached hydrogen (secondary N) is 1. The number of amides is 1. The molecule has 3 aromatic rings. The maximum atomic E-state index is 12.7. The van der Waals surface area contributed by atoms with Gasteiger partial charge in [-0.25, -0.2) is 0 Å². The van der Waals surface area contributed by atoms with Crippen LogP contribution in [0.15, 0.2) is 54.6 Å². The summed E-state index contributed by atoms with van der Waals surface area (Å²) in [4.78, 5) is 15.2. The summed E-state index contributed by atoms with van der Waals surface area (Å²) in [5, 5.41) is 12.2. The molecule has 2 aromatic carbocycles. The van der Waals surface area contributed by atoms with Crippen molar-refractivity contribution in [1.82, 2.24) is 19.7 Å². The molecule has 2 aliphatic rings. The highest BCUT2D eigenvalue weighted by atomic mass is 35.5. The average molecular weight is 408 g/mol. The number of carbonyl (C=O) groups is 1. The first-order valence-electron chi connectivity index (χ1n) is 9.91. The number of rotatable bonds is 4. The highest BCUT2D eigenvalue weighted by Crippen LogP contribution is 2.33. The summed E-state index contributed by atoms with van der Waals surface area (Å²) in [6.45, 7) is 3.73. The van der Waals surface area contributed by atoms with Gasteiger partial charge < -0.3 is 9.88 Å². The summed E-state index contributed by atoms with van der Waals surface area (Å²) in [5.41, 5.74) is 2.00. The zero-order valence-corrected chi connectivity index (χ0v) is 16.7. The molecule has 148 valence electrons. The van der Waals surface area contributed by atoms with Crippen LogP contribution in [0.2, 0.25) is 5.02 Å². The number of para-hydroxylation sites is 1. The summed E-state index contributed by atoms with van der Waals surface area (Å²) in [7, 11) is 0. The van der Waals surface area contributed by atoms with E-state index in [-0.39, 0.29) is 5.91 Å². The van der Waals surface area contributed by atoms with Gasteiger partial charge in [0, 0.05) is 43.3 Å². The number of benzene rings is 2. The van der Waals surface area contributed by atoms with Gasteiger partial charge in [-0.05, 0) is 41.7 Å². The summed E-state index contributed by atoms with van der Waals surface area (Å²) in [5.74, 6) is 2.16. The van der Waals surface area contributed by atoms with Crippen LogP contribution in [0, 0.1) is 11.8 Å². The van der Waals surface area contributed by atoms with Crippen LogP contribution in [-0.2, 0) is 19.5 Å². The van der Waals surface area contributed by atoms with E-state index in [4.69, 9.17) is 11.6 Å². The number of anilines is 1. The van der Waals surface area contributed by atoms with E-state index in [0.29, 0.717) is 17.7 Å². The lowest BCUT2D eigenvalue weighted by atomic mass is 9.89. The molecular weight excluding hydrogens is 386 g/mol. The third kappa shape index (κ3) is 3.78. The molecule has 0 spiro atoms.